The van der Waals surface area contributed by atoms with Crippen LogP contribution in [0, 0.1) is 5.92 Å². The van der Waals surface area contributed by atoms with Gasteiger partial charge in [0.15, 0.2) is 0 Å². The average Bonchev–Trinajstić information content (AvgIpc) is 2.08. The summed E-state index contributed by atoms with van der Waals surface area (Å²) in [6.07, 6.45) is 0.696. The fraction of sp³-hybridized carbons (Fsp3) is 0.300. The van der Waals surface area contributed by atoms with E-state index in [1.807, 2.05) is 19.1 Å². The molecule has 70 valence electrons. The number of rotatable bonds is 3. The largest absolute Gasteiger partial charge is 0.508 e. The Morgan fingerprint density at radius 3 is 2.69 bits per heavy atom. The molecule has 1 atom stereocenters. The monoisotopic (exact) mass is 195 g/mol. The van der Waals surface area contributed by atoms with E-state index >= 15 is 0 Å². The average molecular weight is 195 g/mol. The molecule has 3 N–H and O–H groups in total. The third kappa shape index (κ3) is 2.70. The van der Waals surface area contributed by atoms with Crippen molar-refractivity contribution in [3.63, 3.8) is 0 Å². The number of hydrogen-bond acceptors (Lipinski definition) is 2. The van der Waals surface area contributed by atoms with Gasteiger partial charge in [0.25, 0.3) is 0 Å². The number of para-hydroxylation sites is 1. The Bertz CT molecular complexity index is 312. The van der Waals surface area contributed by atoms with Gasteiger partial charge < -0.3 is 10.8 Å². The highest BCUT2D eigenvalue weighted by Gasteiger charge is 2.08. The molecule has 0 aliphatic carbocycles. The lowest BCUT2D eigenvalue weighted by Crippen LogP contribution is -2.20. The molecule has 0 heterocycles. The van der Waals surface area contributed by atoms with Gasteiger partial charge in [0.05, 0.1) is 4.99 Å². The highest BCUT2D eigenvalue weighted by Crippen LogP contribution is 2.19. The van der Waals surface area contributed by atoms with Crippen molar-refractivity contribution in [3.8, 4) is 5.75 Å². The lowest BCUT2D eigenvalue weighted by molar-refractivity contribution is 0.466. The zero-order chi connectivity index (χ0) is 9.84. The first kappa shape index (κ1) is 9.99. The summed E-state index contributed by atoms with van der Waals surface area (Å²) in [5, 5.41) is 9.46. The molecule has 1 aromatic carbocycles. The van der Waals surface area contributed by atoms with Crippen molar-refractivity contribution in [1.82, 2.24) is 0 Å². The minimum Gasteiger partial charge on any atom is -0.508 e. The Hall–Kier alpha value is -1.09. The summed E-state index contributed by atoms with van der Waals surface area (Å²) in [5.74, 6) is 0.439. The van der Waals surface area contributed by atoms with Crippen LogP contribution in [0.2, 0.25) is 0 Å². The van der Waals surface area contributed by atoms with E-state index in [0.29, 0.717) is 17.2 Å². The number of benzene rings is 1. The van der Waals surface area contributed by atoms with Crippen LogP contribution in [0.25, 0.3) is 0 Å². The summed E-state index contributed by atoms with van der Waals surface area (Å²) in [6.45, 7) is 1.95. The summed E-state index contributed by atoms with van der Waals surface area (Å²) in [5.41, 5.74) is 6.38. The molecule has 0 saturated heterocycles. The van der Waals surface area contributed by atoms with Crippen molar-refractivity contribution in [2.24, 2.45) is 11.7 Å². The van der Waals surface area contributed by atoms with E-state index in [2.05, 4.69) is 0 Å². The second-order valence-electron chi connectivity index (χ2n) is 3.14. The van der Waals surface area contributed by atoms with Crippen LogP contribution in [-0.4, -0.2) is 10.1 Å². The molecule has 0 aliphatic heterocycles. The molecule has 3 heteroatoms. The summed E-state index contributed by atoms with van der Waals surface area (Å²) < 4.78 is 0. The molecular weight excluding hydrogens is 182 g/mol. The van der Waals surface area contributed by atoms with E-state index in [-0.39, 0.29) is 5.92 Å². The van der Waals surface area contributed by atoms with Gasteiger partial charge in [-0.05, 0) is 18.1 Å². The van der Waals surface area contributed by atoms with E-state index in [1.165, 1.54) is 0 Å². The molecule has 0 spiro atoms. The Balaban J connectivity index is 2.74. The van der Waals surface area contributed by atoms with Crippen LogP contribution in [0.15, 0.2) is 24.3 Å². The lowest BCUT2D eigenvalue weighted by atomic mass is 10.0. The maximum atomic E-state index is 9.46. The van der Waals surface area contributed by atoms with Crippen molar-refractivity contribution in [1.29, 1.82) is 0 Å². The standard InChI is InChI=1S/C10H13NOS/c1-7(10(11)13)6-8-4-2-3-5-9(8)12/h2-5,7,12H,6H2,1H3,(H2,11,13). The maximum Gasteiger partial charge on any atom is 0.118 e. The predicted molar refractivity (Wildman–Crippen MR) is 57.8 cm³/mol. The molecule has 0 aliphatic rings. The summed E-state index contributed by atoms with van der Waals surface area (Å²) in [7, 11) is 0. The number of phenolic OH excluding ortho intramolecular Hbond substituents is 1. The minimum atomic E-state index is 0.128. The molecule has 1 rings (SSSR count). The van der Waals surface area contributed by atoms with Gasteiger partial charge in [-0.15, -0.1) is 0 Å². The van der Waals surface area contributed by atoms with Gasteiger partial charge in [0.1, 0.15) is 5.75 Å². The maximum absolute atomic E-state index is 9.46. The van der Waals surface area contributed by atoms with Gasteiger partial charge in [-0.3, -0.25) is 0 Å². The Kier molecular flexibility index (Phi) is 3.25. The van der Waals surface area contributed by atoms with E-state index in [0.717, 1.165) is 5.56 Å². The quantitative estimate of drug-likeness (QED) is 0.724. The van der Waals surface area contributed by atoms with Crippen molar-refractivity contribution in [2.45, 2.75) is 13.3 Å². The van der Waals surface area contributed by atoms with E-state index in [1.54, 1.807) is 12.1 Å². The Labute approximate surface area is 83.4 Å². The van der Waals surface area contributed by atoms with Gasteiger partial charge in [0, 0.05) is 5.92 Å². The molecule has 13 heavy (non-hydrogen) atoms. The van der Waals surface area contributed by atoms with Gasteiger partial charge in [-0.1, -0.05) is 37.3 Å². The molecule has 2 nitrogen and oxygen atoms in total. The van der Waals surface area contributed by atoms with Gasteiger partial charge >= 0.3 is 0 Å². The minimum absolute atomic E-state index is 0.128. The van der Waals surface area contributed by atoms with Crippen molar-refractivity contribution < 1.29 is 5.11 Å². The highest BCUT2D eigenvalue weighted by molar-refractivity contribution is 7.80. The number of hydrogen-bond donors (Lipinski definition) is 2. The van der Waals surface area contributed by atoms with Crippen LogP contribution in [-0.2, 0) is 6.42 Å². The fourth-order valence-corrected chi connectivity index (χ4v) is 1.20. The van der Waals surface area contributed by atoms with Crippen LogP contribution in [0.1, 0.15) is 12.5 Å². The molecule has 0 aromatic heterocycles. The van der Waals surface area contributed by atoms with Crippen LogP contribution >= 0.6 is 12.2 Å². The Morgan fingerprint density at radius 1 is 1.54 bits per heavy atom. The van der Waals surface area contributed by atoms with E-state index in [4.69, 9.17) is 18.0 Å². The molecule has 0 amide bonds. The van der Waals surface area contributed by atoms with Gasteiger partial charge in [-0.2, -0.15) is 0 Å². The summed E-state index contributed by atoms with van der Waals surface area (Å²) >= 11 is 4.86. The Morgan fingerprint density at radius 2 is 2.15 bits per heavy atom. The van der Waals surface area contributed by atoms with Crippen LogP contribution in [0.4, 0.5) is 0 Å². The highest BCUT2D eigenvalue weighted by atomic mass is 32.1. The van der Waals surface area contributed by atoms with Crippen molar-refractivity contribution >= 4 is 17.2 Å². The SMILES string of the molecule is CC(Cc1ccccc1O)C(N)=S. The van der Waals surface area contributed by atoms with Gasteiger partial charge in [0.2, 0.25) is 0 Å². The summed E-state index contributed by atoms with van der Waals surface area (Å²) in [4.78, 5) is 0.489. The second kappa shape index (κ2) is 4.23. The third-order valence-corrected chi connectivity index (χ3v) is 2.41. The molecular formula is C10H13NOS. The second-order valence-corrected chi connectivity index (χ2v) is 3.61. The molecule has 0 fully saturated rings. The number of phenols is 1. The first-order valence-electron chi connectivity index (χ1n) is 4.17. The molecule has 0 bridgehead atoms. The lowest BCUT2D eigenvalue weighted by Gasteiger charge is -2.10. The zero-order valence-corrected chi connectivity index (χ0v) is 8.34. The van der Waals surface area contributed by atoms with Gasteiger partial charge in [-0.25, -0.2) is 0 Å². The van der Waals surface area contributed by atoms with Crippen molar-refractivity contribution in [2.75, 3.05) is 0 Å². The fourth-order valence-electron chi connectivity index (χ4n) is 1.11. The smallest absolute Gasteiger partial charge is 0.118 e. The molecule has 0 saturated carbocycles. The third-order valence-electron chi connectivity index (χ3n) is 2.00. The van der Waals surface area contributed by atoms with Crippen LogP contribution < -0.4 is 5.73 Å². The topological polar surface area (TPSA) is 46.2 Å². The predicted octanol–water partition coefficient (Wildman–Crippen LogP) is 1.86. The number of nitrogens with two attached hydrogens (primary N) is 1. The normalized spacial score (nSPS) is 12.4. The van der Waals surface area contributed by atoms with E-state index < -0.39 is 0 Å². The van der Waals surface area contributed by atoms with Crippen molar-refractivity contribution in [3.05, 3.63) is 29.8 Å². The first-order valence-corrected chi connectivity index (χ1v) is 4.58. The molecule has 1 unspecified atom stereocenters. The molecule has 1 aromatic rings. The van der Waals surface area contributed by atoms with Crippen LogP contribution in [0.3, 0.4) is 0 Å². The van der Waals surface area contributed by atoms with E-state index in [9.17, 15) is 5.11 Å². The number of thiocarbonyl (C=S) groups is 1. The molecule has 0 radical (unpaired) electrons. The summed E-state index contributed by atoms with van der Waals surface area (Å²) in [6, 6.07) is 7.23. The first-order chi connectivity index (χ1) is 6.11. The van der Waals surface area contributed by atoms with Crippen LogP contribution in [0.5, 0.6) is 5.75 Å². The number of aromatic hydroxyl groups is 1. The zero-order valence-electron chi connectivity index (χ0n) is 7.53.